The molecule has 0 aliphatic carbocycles. The van der Waals surface area contributed by atoms with Crippen LogP contribution in [0.4, 0.5) is 0 Å². The number of likely N-dealkylation sites (tertiary alicyclic amines) is 1. The quantitative estimate of drug-likeness (QED) is 0.821. The van der Waals surface area contributed by atoms with Gasteiger partial charge in [-0.05, 0) is 49.5 Å². The number of hydrogen-bond acceptors (Lipinski definition) is 4. The molecule has 5 heteroatoms. The molecule has 2 aliphatic rings. The molecule has 5 nitrogen and oxygen atoms in total. The topological polar surface area (TPSA) is 42.0 Å². The van der Waals surface area contributed by atoms with Crippen LogP contribution in [0.25, 0.3) is 0 Å². The highest BCUT2D eigenvalue weighted by Crippen LogP contribution is 2.24. The molecule has 0 bridgehead atoms. The zero-order chi connectivity index (χ0) is 17.6. The van der Waals surface area contributed by atoms with Crippen molar-refractivity contribution in [3.05, 3.63) is 29.8 Å². The summed E-state index contributed by atoms with van der Waals surface area (Å²) in [4.78, 5) is 17.1. The maximum Gasteiger partial charge on any atom is 0.225 e. The average Bonchev–Trinajstić information content (AvgIpc) is 2.68. The molecule has 0 spiro atoms. The van der Waals surface area contributed by atoms with E-state index in [1.54, 1.807) is 7.11 Å². The van der Waals surface area contributed by atoms with Gasteiger partial charge in [-0.15, -0.1) is 0 Å². The van der Waals surface area contributed by atoms with Crippen LogP contribution >= 0.6 is 0 Å². The Morgan fingerprint density at radius 2 is 1.80 bits per heavy atom. The normalized spacial score (nSPS) is 21.1. The molecule has 1 aromatic carbocycles. The number of morpholine rings is 1. The Balaban J connectivity index is 1.46. The highest BCUT2D eigenvalue weighted by molar-refractivity contribution is 5.79. The molecule has 0 radical (unpaired) electrons. The van der Waals surface area contributed by atoms with E-state index < -0.39 is 0 Å². The molecule has 1 atom stereocenters. The van der Waals surface area contributed by atoms with Gasteiger partial charge in [-0.25, -0.2) is 0 Å². The van der Waals surface area contributed by atoms with Gasteiger partial charge >= 0.3 is 0 Å². The Morgan fingerprint density at radius 1 is 1.16 bits per heavy atom. The fourth-order valence-electron chi connectivity index (χ4n) is 3.83. The molecule has 25 heavy (non-hydrogen) atoms. The lowest BCUT2D eigenvalue weighted by atomic mass is 9.93. The van der Waals surface area contributed by atoms with Gasteiger partial charge in [0.25, 0.3) is 0 Å². The minimum Gasteiger partial charge on any atom is -0.497 e. The molecule has 138 valence electrons. The molecule has 0 saturated carbocycles. The van der Waals surface area contributed by atoms with Crippen molar-refractivity contribution in [2.24, 2.45) is 5.92 Å². The SMILES string of the molecule is COc1ccc(C(C)CN2CCC(C(=O)N3CCOCC3)CC2)cc1. The van der Waals surface area contributed by atoms with Gasteiger partial charge in [0.1, 0.15) is 5.75 Å². The third-order valence-corrected chi connectivity index (χ3v) is 5.48. The number of hydrogen-bond donors (Lipinski definition) is 0. The Bertz CT molecular complexity index is 547. The smallest absolute Gasteiger partial charge is 0.225 e. The van der Waals surface area contributed by atoms with Gasteiger partial charge in [-0.2, -0.15) is 0 Å². The number of rotatable bonds is 5. The van der Waals surface area contributed by atoms with Gasteiger partial charge in [-0.3, -0.25) is 4.79 Å². The summed E-state index contributed by atoms with van der Waals surface area (Å²) in [5, 5.41) is 0. The Morgan fingerprint density at radius 3 is 2.40 bits per heavy atom. The lowest BCUT2D eigenvalue weighted by Crippen LogP contribution is -2.47. The van der Waals surface area contributed by atoms with Crippen LogP contribution in [0.2, 0.25) is 0 Å². The van der Waals surface area contributed by atoms with Crippen molar-refractivity contribution >= 4 is 5.91 Å². The van der Waals surface area contributed by atoms with Gasteiger partial charge < -0.3 is 19.3 Å². The Kier molecular flexibility index (Phi) is 6.32. The lowest BCUT2D eigenvalue weighted by molar-refractivity contribution is -0.141. The highest BCUT2D eigenvalue weighted by atomic mass is 16.5. The highest BCUT2D eigenvalue weighted by Gasteiger charge is 2.29. The van der Waals surface area contributed by atoms with Crippen LogP contribution in [0, 0.1) is 5.92 Å². The van der Waals surface area contributed by atoms with E-state index in [2.05, 4.69) is 24.0 Å². The molecule has 2 saturated heterocycles. The van der Waals surface area contributed by atoms with Crippen LogP contribution in [-0.4, -0.2) is 68.8 Å². The number of piperidine rings is 1. The van der Waals surface area contributed by atoms with Crippen LogP contribution in [0.3, 0.4) is 0 Å². The van der Waals surface area contributed by atoms with Gasteiger partial charge in [0.2, 0.25) is 5.91 Å². The summed E-state index contributed by atoms with van der Waals surface area (Å²) < 4.78 is 10.6. The number of carbonyl (C=O) groups is 1. The maximum absolute atomic E-state index is 12.6. The molecule has 2 aliphatic heterocycles. The molecule has 1 aromatic rings. The average molecular weight is 346 g/mol. The second kappa shape index (κ2) is 8.68. The fraction of sp³-hybridized carbons (Fsp3) is 0.650. The van der Waals surface area contributed by atoms with E-state index in [1.807, 2.05) is 17.0 Å². The van der Waals surface area contributed by atoms with Gasteiger partial charge in [0.15, 0.2) is 0 Å². The first-order chi connectivity index (χ1) is 12.2. The predicted molar refractivity (Wildman–Crippen MR) is 98.0 cm³/mol. The van der Waals surface area contributed by atoms with E-state index in [1.165, 1.54) is 5.56 Å². The summed E-state index contributed by atoms with van der Waals surface area (Å²) >= 11 is 0. The van der Waals surface area contributed by atoms with Gasteiger partial charge in [0, 0.05) is 25.6 Å². The number of benzene rings is 1. The molecule has 1 unspecified atom stereocenters. The second-order valence-electron chi connectivity index (χ2n) is 7.19. The van der Waals surface area contributed by atoms with Crippen molar-refractivity contribution in [3.8, 4) is 5.75 Å². The van der Waals surface area contributed by atoms with E-state index in [-0.39, 0.29) is 5.92 Å². The van der Waals surface area contributed by atoms with E-state index >= 15 is 0 Å². The van der Waals surface area contributed by atoms with Crippen molar-refractivity contribution in [2.45, 2.75) is 25.7 Å². The summed E-state index contributed by atoms with van der Waals surface area (Å²) in [5.41, 5.74) is 1.34. The van der Waals surface area contributed by atoms with Crippen LogP contribution in [0.15, 0.2) is 24.3 Å². The monoisotopic (exact) mass is 346 g/mol. The summed E-state index contributed by atoms with van der Waals surface area (Å²) in [6, 6.07) is 8.36. The van der Waals surface area contributed by atoms with Gasteiger partial charge in [-0.1, -0.05) is 19.1 Å². The fourth-order valence-corrected chi connectivity index (χ4v) is 3.83. The lowest BCUT2D eigenvalue weighted by Gasteiger charge is -2.36. The molecular formula is C20H30N2O3. The van der Waals surface area contributed by atoms with Crippen molar-refractivity contribution in [2.75, 3.05) is 53.0 Å². The first kappa shape index (κ1) is 18.2. The van der Waals surface area contributed by atoms with E-state index in [0.717, 1.165) is 51.3 Å². The molecule has 2 heterocycles. The minimum atomic E-state index is 0.200. The molecular weight excluding hydrogens is 316 g/mol. The van der Waals surface area contributed by atoms with E-state index in [4.69, 9.17) is 9.47 Å². The maximum atomic E-state index is 12.6. The van der Waals surface area contributed by atoms with E-state index in [0.29, 0.717) is 25.0 Å². The molecule has 1 amide bonds. The standard InChI is InChI=1S/C20H30N2O3/c1-16(17-3-5-19(24-2)6-4-17)15-21-9-7-18(8-10-21)20(23)22-11-13-25-14-12-22/h3-6,16,18H,7-15H2,1-2H3. The first-order valence-corrected chi connectivity index (χ1v) is 9.40. The largest absolute Gasteiger partial charge is 0.497 e. The zero-order valence-corrected chi connectivity index (χ0v) is 15.4. The molecule has 3 rings (SSSR count). The van der Waals surface area contributed by atoms with Crippen LogP contribution in [0.1, 0.15) is 31.2 Å². The summed E-state index contributed by atoms with van der Waals surface area (Å²) in [5.74, 6) is 1.92. The van der Waals surface area contributed by atoms with Crippen molar-refractivity contribution in [1.82, 2.24) is 9.80 Å². The van der Waals surface area contributed by atoms with Crippen molar-refractivity contribution < 1.29 is 14.3 Å². The van der Waals surface area contributed by atoms with Crippen molar-refractivity contribution in [3.63, 3.8) is 0 Å². The molecule has 0 aromatic heterocycles. The van der Waals surface area contributed by atoms with E-state index in [9.17, 15) is 4.79 Å². The summed E-state index contributed by atoms with van der Waals surface area (Å²) in [6.07, 6.45) is 1.96. The molecule has 0 N–H and O–H groups in total. The number of amides is 1. The third-order valence-electron chi connectivity index (χ3n) is 5.48. The van der Waals surface area contributed by atoms with Crippen molar-refractivity contribution in [1.29, 1.82) is 0 Å². The number of carbonyl (C=O) groups excluding carboxylic acids is 1. The second-order valence-corrected chi connectivity index (χ2v) is 7.19. The minimum absolute atomic E-state index is 0.200. The van der Waals surface area contributed by atoms with Gasteiger partial charge in [0.05, 0.1) is 20.3 Å². The zero-order valence-electron chi connectivity index (χ0n) is 15.4. The summed E-state index contributed by atoms with van der Waals surface area (Å²) in [6.45, 7) is 8.23. The van der Waals surface area contributed by atoms with Crippen LogP contribution in [-0.2, 0) is 9.53 Å². The Hall–Kier alpha value is -1.59. The van der Waals surface area contributed by atoms with Crippen LogP contribution < -0.4 is 4.74 Å². The molecule has 2 fully saturated rings. The summed E-state index contributed by atoms with van der Waals surface area (Å²) in [7, 11) is 1.70. The first-order valence-electron chi connectivity index (χ1n) is 9.40. The number of nitrogens with zero attached hydrogens (tertiary/aromatic N) is 2. The number of ether oxygens (including phenoxy) is 2. The van der Waals surface area contributed by atoms with Crippen LogP contribution in [0.5, 0.6) is 5.75 Å². The Labute approximate surface area is 150 Å². The third kappa shape index (κ3) is 4.73. The predicted octanol–water partition coefficient (Wildman–Crippen LogP) is 2.37. The number of methoxy groups -OCH3 is 1.